The number of nitrogens with one attached hydrogen (secondary N) is 2. The number of rotatable bonds is 5. The Hall–Kier alpha value is -2.71. The van der Waals surface area contributed by atoms with E-state index in [1.54, 1.807) is 42.5 Å². The van der Waals surface area contributed by atoms with Crippen molar-refractivity contribution in [2.75, 3.05) is 10.0 Å². The second kappa shape index (κ2) is 7.73. The Kier molecular flexibility index (Phi) is 5.53. The smallest absolute Gasteiger partial charge is 0.261 e. The van der Waals surface area contributed by atoms with Gasteiger partial charge in [-0.2, -0.15) is 0 Å². The lowest BCUT2D eigenvalue weighted by Gasteiger charge is -2.14. The maximum atomic E-state index is 12.7. The van der Waals surface area contributed by atoms with Crippen molar-refractivity contribution >= 4 is 38.1 Å². The van der Waals surface area contributed by atoms with Gasteiger partial charge in [-0.3, -0.25) is 14.8 Å². The van der Waals surface area contributed by atoms with Crippen LogP contribution in [0.25, 0.3) is 0 Å². The van der Waals surface area contributed by atoms with Crippen LogP contribution in [-0.2, 0) is 15.4 Å². The van der Waals surface area contributed by atoms with E-state index >= 15 is 0 Å². The van der Waals surface area contributed by atoms with Gasteiger partial charge in [-0.25, -0.2) is 13.4 Å². The van der Waals surface area contributed by atoms with Crippen molar-refractivity contribution in [3.8, 4) is 0 Å². The Labute approximate surface area is 168 Å². The van der Waals surface area contributed by atoms with Crippen LogP contribution in [0.1, 0.15) is 36.8 Å². The molecule has 2 N–H and O–H groups in total. The van der Waals surface area contributed by atoms with Crippen LogP contribution < -0.4 is 10.0 Å². The van der Waals surface area contributed by atoms with Crippen molar-refractivity contribution in [1.29, 1.82) is 0 Å². The van der Waals surface area contributed by atoms with Crippen LogP contribution in [0.5, 0.6) is 0 Å². The van der Waals surface area contributed by atoms with Crippen LogP contribution >= 0.6 is 11.3 Å². The monoisotopic (exact) mass is 415 g/mol. The number of sulfonamides is 1. The zero-order valence-electron chi connectivity index (χ0n) is 15.8. The molecular formula is C20H21N3O3S2. The summed E-state index contributed by atoms with van der Waals surface area (Å²) in [7, 11) is -3.80. The summed E-state index contributed by atoms with van der Waals surface area (Å²) in [5.74, 6) is -0.429. The summed E-state index contributed by atoms with van der Waals surface area (Å²) in [6.45, 7) is 6.13. The van der Waals surface area contributed by atoms with Crippen LogP contribution in [0.2, 0.25) is 0 Å². The standard InChI is InChI=1S/C20H21N3O3S2/c1-20(2,3)17-13-27-19(21-17)22-18(24)15-11-7-8-12-16(15)23-28(25,26)14-9-5-4-6-10-14/h4-13,23H,1-3H3,(H,21,22,24). The second-order valence-electron chi connectivity index (χ2n) is 7.21. The molecule has 0 radical (unpaired) electrons. The highest BCUT2D eigenvalue weighted by Gasteiger charge is 2.21. The van der Waals surface area contributed by atoms with E-state index in [9.17, 15) is 13.2 Å². The maximum Gasteiger partial charge on any atom is 0.261 e. The van der Waals surface area contributed by atoms with Gasteiger partial charge in [0.25, 0.3) is 15.9 Å². The lowest BCUT2D eigenvalue weighted by atomic mass is 9.93. The van der Waals surface area contributed by atoms with Crippen molar-refractivity contribution in [3.05, 3.63) is 71.2 Å². The Bertz CT molecular complexity index is 1090. The van der Waals surface area contributed by atoms with E-state index in [-0.39, 0.29) is 21.6 Å². The Morgan fingerprint density at radius 1 is 1.00 bits per heavy atom. The van der Waals surface area contributed by atoms with Gasteiger partial charge in [0.05, 0.1) is 21.8 Å². The van der Waals surface area contributed by atoms with E-state index in [4.69, 9.17) is 0 Å². The number of nitrogens with zero attached hydrogens (tertiary/aromatic N) is 1. The molecule has 8 heteroatoms. The van der Waals surface area contributed by atoms with Crippen LogP contribution in [-0.4, -0.2) is 19.3 Å². The minimum Gasteiger partial charge on any atom is -0.298 e. The summed E-state index contributed by atoms with van der Waals surface area (Å²) in [4.78, 5) is 17.3. The molecule has 0 fully saturated rings. The molecule has 0 bridgehead atoms. The van der Waals surface area contributed by atoms with Crippen molar-refractivity contribution in [1.82, 2.24) is 4.98 Å². The summed E-state index contributed by atoms with van der Waals surface area (Å²) in [6.07, 6.45) is 0. The van der Waals surface area contributed by atoms with Crippen LogP contribution in [0.4, 0.5) is 10.8 Å². The van der Waals surface area contributed by atoms with Crippen LogP contribution in [0.3, 0.4) is 0 Å². The molecule has 0 saturated carbocycles. The molecule has 0 unspecified atom stereocenters. The van der Waals surface area contributed by atoms with Crippen molar-refractivity contribution in [3.63, 3.8) is 0 Å². The third-order valence-electron chi connectivity index (χ3n) is 3.96. The number of thiazole rings is 1. The van der Waals surface area contributed by atoms with E-state index in [2.05, 4.69) is 15.0 Å². The number of hydrogen-bond acceptors (Lipinski definition) is 5. The van der Waals surface area contributed by atoms with Gasteiger partial charge in [-0.1, -0.05) is 51.1 Å². The van der Waals surface area contributed by atoms with E-state index < -0.39 is 15.9 Å². The van der Waals surface area contributed by atoms with Crippen molar-refractivity contribution in [2.45, 2.75) is 31.1 Å². The van der Waals surface area contributed by atoms with Gasteiger partial charge in [-0.05, 0) is 24.3 Å². The quantitative estimate of drug-likeness (QED) is 0.642. The molecule has 0 saturated heterocycles. The highest BCUT2D eigenvalue weighted by atomic mass is 32.2. The first kappa shape index (κ1) is 20.0. The average Bonchev–Trinajstić information content (AvgIpc) is 3.11. The zero-order valence-corrected chi connectivity index (χ0v) is 17.4. The topological polar surface area (TPSA) is 88.2 Å². The molecule has 1 amide bonds. The molecule has 1 aromatic heterocycles. The number of hydrogen-bond donors (Lipinski definition) is 2. The normalized spacial score (nSPS) is 11.8. The number of amides is 1. The third-order valence-corrected chi connectivity index (χ3v) is 6.10. The SMILES string of the molecule is CC(C)(C)c1csc(NC(=O)c2ccccc2NS(=O)(=O)c2ccccc2)n1. The molecule has 146 valence electrons. The molecule has 6 nitrogen and oxygen atoms in total. The van der Waals surface area contributed by atoms with Gasteiger partial charge in [0.15, 0.2) is 5.13 Å². The third kappa shape index (κ3) is 4.58. The summed E-state index contributed by atoms with van der Waals surface area (Å²) in [5.41, 5.74) is 1.18. The lowest BCUT2D eigenvalue weighted by molar-refractivity contribution is 0.102. The fourth-order valence-corrected chi connectivity index (χ4v) is 4.45. The number of anilines is 2. The van der Waals surface area contributed by atoms with E-state index in [1.165, 1.54) is 23.5 Å². The number of carbonyl (C=O) groups excluding carboxylic acids is 1. The number of aromatic nitrogens is 1. The number of benzene rings is 2. The highest BCUT2D eigenvalue weighted by Crippen LogP contribution is 2.27. The highest BCUT2D eigenvalue weighted by molar-refractivity contribution is 7.92. The van der Waals surface area contributed by atoms with Gasteiger partial charge in [0.2, 0.25) is 0 Å². The number of carbonyl (C=O) groups is 1. The Morgan fingerprint density at radius 2 is 1.64 bits per heavy atom. The molecule has 0 atom stereocenters. The predicted octanol–water partition coefficient (Wildman–Crippen LogP) is 4.49. The first-order valence-corrected chi connectivity index (χ1v) is 11.0. The number of para-hydroxylation sites is 1. The van der Waals surface area contributed by atoms with E-state index in [0.29, 0.717) is 5.13 Å². The van der Waals surface area contributed by atoms with Gasteiger partial charge in [0, 0.05) is 10.8 Å². The summed E-state index contributed by atoms with van der Waals surface area (Å²) in [6, 6.07) is 14.5. The Balaban J connectivity index is 1.84. The molecule has 1 heterocycles. The lowest BCUT2D eigenvalue weighted by Crippen LogP contribution is -2.19. The van der Waals surface area contributed by atoms with Gasteiger partial charge in [-0.15, -0.1) is 11.3 Å². The summed E-state index contributed by atoms with van der Waals surface area (Å²) >= 11 is 1.33. The van der Waals surface area contributed by atoms with Crippen molar-refractivity contribution in [2.24, 2.45) is 0 Å². The zero-order chi connectivity index (χ0) is 20.4. The van der Waals surface area contributed by atoms with E-state index in [0.717, 1.165) is 5.69 Å². The fraction of sp³-hybridized carbons (Fsp3) is 0.200. The minimum absolute atomic E-state index is 0.122. The summed E-state index contributed by atoms with van der Waals surface area (Å²) < 4.78 is 27.7. The van der Waals surface area contributed by atoms with Gasteiger partial charge < -0.3 is 0 Å². The fourth-order valence-electron chi connectivity index (χ4n) is 2.41. The molecule has 28 heavy (non-hydrogen) atoms. The second-order valence-corrected chi connectivity index (χ2v) is 9.75. The predicted molar refractivity (Wildman–Crippen MR) is 112 cm³/mol. The first-order chi connectivity index (χ1) is 13.2. The molecule has 0 aliphatic rings. The van der Waals surface area contributed by atoms with Gasteiger partial charge in [0.1, 0.15) is 0 Å². The molecule has 0 aliphatic carbocycles. The molecular weight excluding hydrogens is 394 g/mol. The Morgan fingerprint density at radius 3 is 2.29 bits per heavy atom. The molecule has 3 rings (SSSR count). The van der Waals surface area contributed by atoms with E-state index in [1.807, 2.05) is 26.2 Å². The molecule has 2 aromatic carbocycles. The van der Waals surface area contributed by atoms with Crippen LogP contribution in [0.15, 0.2) is 64.9 Å². The van der Waals surface area contributed by atoms with Crippen molar-refractivity contribution < 1.29 is 13.2 Å². The first-order valence-electron chi connectivity index (χ1n) is 8.61. The summed E-state index contributed by atoms with van der Waals surface area (Å²) in [5, 5.41) is 5.12. The average molecular weight is 416 g/mol. The maximum absolute atomic E-state index is 12.7. The largest absolute Gasteiger partial charge is 0.298 e. The molecule has 0 spiro atoms. The molecule has 0 aliphatic heterocycles. The van der Waals surface area contributed by atoms with Crippen LogP contribution in [0, 0.1) is 0 Å². The molecule has 3 aromatic rings. The minimum atomic E-state index is -3.80. The van der Waals surface area contributed by atoms with Gasteiger partial charge >= 0.3 is 0 Å².